The summed E-state index contributed by atoms with van der Waals surface area (Å²) in [6.07, 6.45) is 0. The van der Waals surface area contributed by atoms with Gasteiger partial charge in [-0.25, -0.2) is 0 Å². The summed E-state index contributed by atoms with van der Waals surface area (Å²) in [5.41, 5.74) is 0.421. The van der Waals surface area contributed by atoms with Crippen LogP contribution in [-0.2, 0) is 4.74 Å². The van der Waals surface area contributed by atoms with E-state index in [1.807, 2.05) is 6.92 Å². The van der Waals surface area contributed by atoms with Crippen molar-refractivity contribution < 1.29 is 14.4 Å². The lowest BCUT2D eigenvalue weighted by molar-refractivity contribution is -0.386. The minimum atomic E-state index is -0.441. The average Bonchev–Trinajstić information content (AvgIpc) is 2.94. The van der Waals surface area contributed by atoms with E-state index in [1.54, 1.807) is 13.0 Å². The molecular formula is C11H12BrNO4. The number of nitro benzene ring substituents is 1. The number of epoxide rings is 1. The van der Waals surface area contributed by atoms with Crippen LogP contribution < -0.4 is 4.74 Å². The van der Waals surface area contributed by atoms with E-state index in [1.165, 1.54) is 6.07 Å². The summed E-state index contributed by atoms with van der Waals surface area (Å²) >= 11 is 3.23. The van der Waals surface area contributed by atoms with E-state index in [2.05, 4.69) is 15.9 Å². The fourth-order valence-electron chi connectivity index (χ4n) is 1.47. The maximum Gasteiger partial charge on any atom is 0.312 e. The zero-order valence-corrected chi connectivity index (χ0v) is 11.1. The SMILES string of the molecule is Cc1cc(Br)cc([N+](=O)[O-])c1OCC1(C)CO1. The molecule has 2 rings (SSSR count). The molecular weight excluding hydrogens is 290 g/mol. The lowest BCUT2D eigenvalue weighted by atomic mass is 10.2. The van der Waals surface area contributed by atoms with Gasteiger partial charge in [-0.15, -0.1) is 0 Å². The molecule has 0 bridgehead atoms. The molecule has 0 aliphatic carbocycles. The van der Waals surface area contributed by atoms with E-state index in [-0.39, 0.29) is 11.3 Å². The van der Waals surface area contributed by atoms with Crippen LogP contribution in [0.3, 0.4) is 0 Å². The number of rotatable bonds is 4. The standard InChI is InChI=1S/C11H12BrNO4/c1-7-3-8(12)4-9(13(14)15)10(7)16-5-11(2)6-17-11/h3-4H,5-6H2,1-2H3. The van der Waals surface area contributed by atoms with Crippen molar-refractivity contribution in [2.45, 2.75) is 19.4 Å². The molecule has 1 aromatic carbocycles. The third kappa shape index (κ3) is 2.76. The molecule has 1 aromatic rings. The van der Waals surface area contributed by atoms with Crippen molar-refractivity contribution in [3.8, 4) is 5.75 Å². The number of aryl methyl sites for hydroxylation is 1. The number of nitrogens with zero attached hydrogens (tertiary/aromatic N) is 1. The molecule has 6 heteroatoms. The molecule has 0 aromatic heterocycles. The van der Waals surface area contributed by atoms with Crippen molar-refractivity contribution in [1.82, 2.24) is 0 Å². The summed E-state index contributed by atoms with van der Waals surface area (Å²) < 4.78 is 11.4. The summed E-state index contributed by atoms with van der Waals surface area (Å²) in [6, 6.07) is 3.23. The largest absolute Gasteiger partial charge is 0.483 e. The fraction of sp³-hybridized carbons (Fsp3) is 0.455. The average molecular weight is 302 g/mol. The van der Waals surface area contributed by atoms with Gasteiger partial charge in [-0.05, 0) is 25.5 Å². The van der Waals surface area contributed by atoms with E-state index >= 15 is 0 Å². The minimum absolute atomic E-state index is 0.0267. The number of halogens is 1. The Balaban J connectivity index is 2.27. The Labute approximate surface area is 107 Å². The zero-order valence-electron chi connectivity index (χ0n) is 9.53. The Morgan fingerprint density at radius 3 is 2.82 bits per heavy atom. The quantitative estimate of drug-likeness (QED) is 0.487. The van der Waals surface area contributed by atoms with Gasteiger partial charge >= 0.3 is 5.69 Å². The van der Waals surface area contributed by atoms with Gasteiger partial charge in [-0.1, -0.05) is 15.9 Å². The van der Waals surface area contributed by atoms with Crippen LogP contribution in [0, 0.1) is 17.0 Å². The Bertz CT molecular complexity index is 471. The highest BCUT2D eigenvalue weighted by Gasteiger charge is 2.40. The molecule has 0 amide bonds. The van der Waals surface area contributed by atoms with Crippen molar-refractivity contribution >= 4 is 21.6 Å². The maximum absolute atomic E-state index is 10.9. The van der Waals surface area contributed by atoms with Crippen LogP contribution in [0.4, 0.5) is 5.69 Å². The number of hydrogen-bond acceptors (Lipinski definition) is 4. The second-order valence-corrected chi connectivity index (χ2v) is 5.27. The highest BCUT2D eigenvalue weighted by atomic mass is 79.9. The number of benzene rings is 1. The second kappa shape index (κ2) is 4.27. The first-order valence-electron chi connectivity index (χ1n) is 5.13. The van der Waals surface area contributed by atoms with E-state index in [0.717, 1.165) is 5.56 Å². The van der Waals surface area contributed by atoms with E-state index in [0.29, 0.717) is 23.4 Å². The minimum Gasteiger partial charge on any atom is -0.483 e. The van der Waals surface area contributed by atoms with Crippen molar-refractivity contribution in [1.29, 1.82) is 0 Å². The molecule has 1 heterocycles. The molecule has 1 aliphatic rings. The van der Waals surface area contributed by atoms with Gasteiger partial charge in [-0.2, -0.15) is 0 Å². The smallest absolute Gasteiger partial charge is 0.312 e. The van der Waals surface area contributed by atoms with Crippen LogP contribution in [0.1, 0.15) is 12.5 Å². The van der Waals surface area contributed by atoms with Gasteiger partial charge in [0.25, 0.3) is 0 Å². The molecule has 1 saturated heterocycles. The molecule has 0 saturated carbocycles. The summed E-state index contributed by atoms with van der Waals surface area (Å²) in [6.45, 7) is 4.66. The van der Waals surface area contributed by atoms with Crippen LogP contribution in [0.25, 0.3) is 0 Å². The molecule has 1 atom stereocenters. The van der Waals surface area contributed by atoms with E-state index in [4.69, 9.17) is 9.47 Å². The van der Waals surface area contributed by atoms with Gasteiger partial charge in [0.2, 0.25) is 0 Å². The van der Waals surface area contributed by atoms with Gasteiger partial charge in [-0.3, -0.25) is 10.1 Å². The third-order valence-corrected chi connectivity index (χ3v) is 3.03. The van der Waals surface area contributed by atoms with Gasteiger partial charge in [0.05, 0.1) is 11.5 Å². The number of ether oxygens (including phenoxy) is 2. The molecule has 17 heavy (non-hydrogen) atoms. The fourth-order valence-corrected chi connectivity index (χ4v) is 2.03. The molecule has 0 spiro atoms. The van der Waals surface area contributed by atoms with Gasteiger partial charge < -0.3 is 9.47 Å². The first kappa shape index (κ1) is 12.3. The van der Waals surface area contributed by atoms with Crippen molar-refractivity contribution in [2.75, 3.05) is 13.2 Å². The van der Waals surface area contributed by atoms with Crippen LogP contribution in [0.2, 0.25) is 0 Å². The lowest BCUT2D eigenvalue weighted by Gasteiger charge is -2.11. The van der Waals surface area contributed by atoms with Crippen molar-refractivity contribution in [2.24, 2.45) is 0 Å². The molecule has 0 N–H and O–H groups in total. The molecule has 1 aliphatic heterocycles. The third-order valence-electron chi connectivity index (χ3n) is 2.58. The lowest BCUT2D eigenvalue weighted by Crippen LogP contribution is -2.17. The Morgan fingerprint density at radius 1 is 1.65 bits per heavy atom. The van der Waals surface area contributed by atoms with Gasteiger partial charge in [0.1, 0.15) is 12.2 Å². The number of nitro groups is 1. The predicted octanol–water partition coefficient (Wildman–Crippen LogP) is 2.83. The zero-order chi connectivity index (χ0) is 12.6. The van der Waals surface area contributed by atoms with Crippen LogP contribution in [0.5, 0.6) is 5.75 Å². The van der Waals surface area contributed by atoms with Gasteiger partial charge in [0.15, 0.2) is 5.75 Å². The van der Waals surface area contributed by atoms with Crippen LogP contribution >= 0.6 is 15.9 Å². The van der Waals surface area contributed by atoms with Gasteiger partial charge in [0, 0.05) is 10.5 Å². The van der Waals surface area contributed by atoms with Crippen molar-refractivity contribution in [3.63, 3.8) is 0 Å². The highest BCUT2D eigenvalue weighted by molar-refractivity contribution is 9.10. The first-order chi connectivity index (χ1) is 7.91. The summed E-state index contributed by atoms with van der Waals surface area (Å²) in [5.74, 6) is 0.315. The highest BCUT2D eigenvalue weighted by Crippen LogP contribution is 2.36. The molecule has 1 fully saturated rings. The van der Waals surface area contributed by atoms with E-state index < -0.39 is 4.92 Å². The normalized spacial score (nSPS) is 22.3. The molecule has 5 nitrogen and oxygen atoms in total. The Morgan fingerprint density at radius 2 is 2.29 bits per heavy atom. The molecule has 92 valence electrons. The van der Waals surface area contributed by atoms with Crippen LogP contribution in [0.15, 0.2) is 16.6 Å². The number of hydrogen-bond donors (Lipinski definition) is 0. The van der Waals surface area contributed by atoms with Crippen LogP contribution in [-0.4, -0.2) is 23.7 Å². The summed E-state index contributed by atoms with van der Waals surface area (Å²) in [5, 5.41) is 10.9. The van der Waals surface area contributed by atoms with Crippen molar-refractivity contribution in [3.05, 3.63) is 32.3 Å². The Hall–Kier alpha value is -1.14. The maximum atomic E-state index is 10.9. The summed E-state index contributed by atoms with van der Waals surface area (Å²) in [4.78, 5) is 10.5. The summed E-state index contributed by atoms with van der Waals surface area (Å²) in [7, 11) is 0. The molecule has 0 radical (unpaired) electrons. The first-order valence-corrected chi connectivity index (χ1v) is 5.92. The second-order valence-electron chi connectivity index (χ2n) is 4.36. The predicted molar refractivity (Wildman–Crippen MR) is 65.4 cm³/mol. The topological polar surface area (TPSA) is 64.9 Å². The Kier molecular flexibility index (Phi) is 3.09. The monoisotopic (exact) mass is 301 g/mol. The van der Waals surface area contributed by atoms with E-state index in [9.17, 15) is 10.1 Å². The molecule has 1 unspecified atom stereocenters.